The van der Waals surface area contributed by atoms with Crippen LogP contribution in [0.3, 0.4) is 0 Å². The van der Waals surface area contributed by atoms with Crippen molar-refractivity contribution in [3.63, 3.8) is 0 Å². The van der Waals surface area contributed by atoms with Gasteiger partial charge in [0.05, 0.1) is 6.54 Å². The van der Waals surface area contributed by atoms with Crippen LogP contribution in [0.2, 0.25) is 0 Å². The Morgan fingerprint density at radius 3 is 3.00 bits per heavy atom. The first kappa shape index (κ1) is 5.74. The molecule has 0 unspecified atom stereocenters. The van der Waals surface area contributed by atoms with E-state index in [1.165, 1.54) is 0 Å². The minimum atomic E-state index is 0.0427. The first-order valence-electron chi connectivity index (χ1n) is 2.46. The van der Waals surface area contributed by atoms with E-state index in [1.807, 2.05) is 0 Å². The van der Waals surface area contributed by atoms with Gasteiger partial charge in [0.15, 0.2) is 0 Å². The molecule has 0 spiro atoms. The molecule has 0 fully saturated rings. The number of nitrogens with one attached hydrogen (secondary N) is 2. The summed E-state index contributed by atoms with van der Waals surface area (Å²) in [5.74, 6) is 0.0427. The van der Waals surface area contributed by atoms with Gasteiger partial charge in [-0.3, -0.25) is 10.8 Å². The van der Waals surface area contributed by atoms with E-state index in [-0.39, 0.29) is 5.84 Å². The molecule has 5 nitrogen and oxygen atoms in total. The van der Waals surface area contributed by atoms with Crippen molar-refractivity contribution in [2.75, 3.05) is 6.54 Å². The SMILES string of the molecule is N=C(N)C1=CNN=NC1. The van der Waals surface area contributed by atoms with Crippen molar-refractivity contribution in [1.29, 1.82) is 5.41 Å². The number of nitrogens with two attached hydrogens (primary N) is 1. The third kappa shape index (κ3) is 1.25. The van der Waals surface area contributed by atoms with Gasteiger partial charge in [0.1, 0.15) is 5.84 Å². The monoisotopic (exact) mass is 125 g/mol. The molecule has 9 heavy (non-hydrogen) atoms. The molecule has 1 heterocycles. The van der Waals surface area contributed by atoms with E-state index in [4.69, 9.17) is 11.1 Å². The molecule has 48 valence electrons. The second kappa shape index (κ2) is 2.25. The summed E-state index contributed by atoms with van der Waals surface area (Å²) in [6, 6.07) is 0. The van der Waals surface area contributed by atoms with E-state index in [2.05, 4.69) is 15.8 Å². The zero-order valence-corrected chi connectivity index (χ0v) is 4.76. The van der Waals surface area contributed by atoms with Crippen LogP contribution in [0.1, 0.15) is 0 Å². The zero-order chi connectivity index (χ0) is 6.69. The minimum absolute atomic E-state index is 0.0427. The van der Waals surface area contributed by atoms with Gasteiger partial charge >= 0.3 is 0 Å². The molecular weight excluding hydrogens is 118 g/mol. The highest BCUT2D eigenvalue weighted by molar-refractivity contribution is 5.94. The summed E-state index contributed by atoms with van der Waals surface area (Å²) < 4.78 is 0. The summed E-state index contributed by atoms with van der Waals surface area (Å²) in [6.07, 6.45) is 1.56. The Morgan fingerprint density at radius 1 is 1.89 bits per heavy atom. The van der Waals surface area contributed by atoms with Gasteiger partial charge in [-0.25, -0.2) is 0 Å². The van der Waals surface area contributed by atoms with E-state index in [0.29, 0.717) is 12.1 Å². The quantitative estimate of drug-likeness (QED) is 0.334. The molecule has 0 aromatic heterocycles. The molecule has 0 bridgehead atoms. The maximum Gasteiger partial charge on any atom is 0.122 e. The lowest BCUT2D eigenvalue weighted by molar-refractivity contribution is 0.784. The highest BCUT2D eigenvalue weighted by Crippen LogP contribution is 1.96. The fourth-order valence-corrected chi connectivity index (χ4v) is 0.468. The lowest BCUT2D eigenvalue weighted by Gasteiger charge is -2.03. The first-order valence-corrected chi connectivity index (χ1v) is 2.46. The topological polar surface area (TPSA) is 86.6 Å². The Morgan fingerprint density at radius 2 is 2.67 bits per heavy atom. The third-order valence-electron chi connectivity index (χ3n) is 0.954. The number of nitrogens with zero attached hydrogens (tertiary/aromatic N) is 2. The Labute approximate surface area is 52.1 Å². The highest BCUT2D eigenvalue weighted by atomic mass is 15.4. The third-order valence-corrected chi connectivity index (χ3v) is 0.954. The van der Waals surface area contributed by atoms with Crippen molar-refractivity contribution in [2.24, 2.45) is 16.1 Å². The fourth-order valence-electron chi connectivity index (χ4n) is 0.468. The molecule has 0 aromatic carbocycles. The van der Waals surface area contributed by atoms with Crippen molar-refractivity contribution in [1.82, 2.24) is 5.43 Å². The van der Waals surface area contributed by atoms with E-state index < -0.39 is 0 Å². The minimum Gasteiger partial charge on any atom is -0.384 e. The van der Waals surface area contributed by atoms with E-state index >= 15 is 0 Å². The van der Waals surface area contributed by atoms with Crippen molar-refractivity contribution < 1.29 is 0 Å². The average Bonchev–Trinajstić information content (AvgIpc) is 1.90. The van der Waals surface area contributed by atoms with Gasteiger partial charge in [0.25, 0.3) is 0 Å². The Kier molecular flexibility index (Phi) is 1.44. The largest absolute Gasteiger partial charge is 0.384 e. The maximum absolute atomic E-state index is 6.96. The lowest BCUT2D eigenvalue weighted by atomic mass is 10.3. The smallest absolute Gasteiger partial charge is 0.122 e. The summed E-state index contributed by atoms with van der Waals surface area (Å²) in [5, 5.41) is 14.0. The molecule has 0 amide bonds. The normalized spacial score (nSPS) is 16.2. The van der Waals surface area contributed by atoms with Gasteiger partial charge in [-0.2, -0.15) is 5.11 Å². The molecule has 5 heteroatoms. The standard InChI is InChI=1S/C4H7N5/c5-4(6)3-1-7-9-8-2-3/h1H,2H2,(H3,5,6)(H,7,8). The molecule has 0 atom stereocenters. The molecule has 0 saturated carbocycles. The Bertz CT molecular complexity index is 179. The summed E-state index contributed by atoms with van der Waals surface area (Å²) in [4.78, 5) is 0. The molecule has 1 aliphatic rings. The van der Waals surface area contributed by atoms with Crippen LogP contribution in [-0.2, 0) is 0 Å². The van der Waals surface area contributed by atoms with Crippen LogP contribution >= 0.6 is 0 Å². The molecule has 0 saturated heterocycles. The lowest BCUT2D eigenvalue weighted by Crippen LogP contribution is -2.19. The molecule has 0 aliphatic carbocycles. The van der Waals surface area contributed by atoms with Crippen LogP contribution in [0.25, 0.3) is 0 Å². The zero-order valence-electron chi connectivity index (χ0n) is 4.76. The van der Waals surface area contributed by atoms with Crippen LogP contribution < -0.4 is 11.2 Å². The van der Waals surface area contributed by atoms with Crippen LogP contribution in [-0.4, -0.2) is 12.4 Å². The Balaban J connectivity index is 2.61. The molecular formula is C4H7N5. The van der Waals surface area contributed by atoms with E-state index in [0.717, 1.165) is 0 Å². The summed E-state index contributed by atoms with van der Waals surface area (Å²) in [5.41, 5.74) is 8.30. The molecule has 0 radical (unpaired) electrons. The molecule has 1 rings (SSSR count). The number of amidine groups is 1. The van der Waals surface area contributed by atoms with Crippen molar-refractivity contribution >= 4 is 5.84 Å². The number of hydrogen-bond acceptors (Lipinski definition) is 4. The van der Waals surface area contributed by atoms with Crippen molar-refractivity contribution in [2.45, 2.75) is 0 Å². The van der Waals surface area contributed by atoms with Gasteiger partial charge in [0.2, 0.25) is 0 Å². The first-order chi connectivity index (χ1) is 4.30. The summed E-state index contributed by atoms with van der Waals surface area (Å²) in [6.45, 7) is 0.405. The van der Waals surface area contributed by atoms with E-state index in [1.54, 1.807) is 6.20 Å². The van der Waals surface area contributed by atoms with Gasteiger partial charge in [-0.15, -0.1) is 0 Å². The van der Waals surface area contributed by atoms with Gasteiger partial charge in [0, 0.05) is 11.8 Å². The van der Waals surface area contributed by atoms with Crippen LogP contribution in [0.5, 0.6) is 0 Å². The predicted molar refractivity (Wildman–Crippen MR) is 32.9 cm³/mol. The Hall–Kier alpha value is -1.39. The number of hydrogen-bond donors (Lipinski definition) is 3. The van der Waals surface area contributed by atoms with Crippen LogP contribution in [0.4, 0.5) is 0 Å². The maximum atomic E-state index is 6.96. The number of rotatable bonds is 1. The molecule has 1 aliphatic heterocycles. The predicted octanol–water partition coefficient (Wildman–Crippen LogP) is -0.223. The van der Waals surface area contributed by atoms with Gasteiger partial charge in [-0.1, -0.05) is 5.22 Å². The fraction of sp³-hybridized carbons (Fsp3) is 0.250. The van der Waals surface area contributed by atoms with Crippen LogP contribution in [0.15, 0.2) is 22.1 Å². The summed E-state index contributed by atoms with van der Waals surface area (Å²) in [7, 11) is 0. The van der Waals surface area contributed by atoms with Crippen molar-refractivity contribution in [3.8, 4) is 0 Å². The van der Waals surface area contributed by atoms with Gasteiger partial charge < -0.3 is 5.73 Å². The highest BCUT2D eigenvalue weighted by Gasteiger charge is 2.01. The van der Waals surface area contributed by atoms with Crippen molar-refractivity contribution in [3.05, 3.63) is 11.8 Å². The molecule has 0 aromatic rings. The van der Waals surface area contributed by atoms with E-state index in [9.17, 15) is 0 Å². The second-order valence-electron chi connectivity index (χ2n) is 1.61. The molecule has 4 N–H and O–H groups in total. The summed E-state index contributed by atoms with van der Waals surface area (Å²) >= 11 is 0. The second-order valence-corrected chi connectivity index (χ2v) is 1.61. The average molecular weight is 125 g/mol. The van der Waals surface area contributed by atoms with Crippen LogP contribution in [0, 0.1) is 5.41 Å². The van der Waals surface area contributed by atoms with Gasteiger partial charge in [-0.05, 0) is 0 Å².